The molecule has 1 aliphatic heterocycles. The molecule has 1 heterocycles. The summed E-state index contributed by atoms with van der Waals surface area (Å²) in [6.45, 7) is 11.0. The number of hydrogen-bond donors (Lipinski definition) is 1. The van der Waals surface area contributed by atoms with E-state index in [2.05, 4.69) is 39.9 Å². The monoisotopic (exact) mass is 337 g/mol. The van der Waals surface area contributed by atoms with Crippen LogP contribution in [0.15, 0.2) is 24.3 Å². The van der Waals surface area contributed by atoms with Crippen molar-refractivity contribution in [2.45, 2.75) is 71.1 Å². The Morgan fingerprint density at radius 3 is 2.39 bits per heavy atom. The molecule has 1 aromatic carbocycles. The van der Waals surface area contributed by atoms with Gasteiger partial charge < -0.3 is 10.1 Å². The first-order valence-electron chi connectivity index (χ1n) is 8.49. The molecule has 0 aliphatic carbocycles. The van der Waals surface area contributed by atoms with Crippen molar-refractivity contribution in [2.75, 3.05) is 0 Å². The molecule has 4 heteroatoms. The topological polar surface area (TPSA) is 38.3 Å². The van der Waals surface area contributed by atoms with Crippen LogP contribution < -0.4 is 5.32 Å². The van der Waals surface area contributed by atoms with Crippen LogP contribution in [0.5, 0.6) is 0 Å². The molecule has 1 saturated heterocycles. The number of halogens is 1. The van der Waals surface area contributed by atoms with Crippen LogP contribution in [0.4, 0.5) is 0 Å². The minimum absolute atomic E-state index is 0.0117. The minimum atomic E-state index is -0.266. The first-order valence-corrected chi connectivity index (χ1v) is 8.86. The Balaban J connectivity index is 2.19. The van der Waals surface area contributed by atoms with Gasteiger partial charge in [0.1, 0.15) is 6.10 Å². The van der Waals surface area contributed by atoms with Crippen LogP contribution in [-0.4, -0.2) is 23.2 Å². The number of ether oxygens (including phenoxy) is 1. The summed E-state index contributed by atoms with van der Waals surface area (Å²) in [5, 5.41) is 4.42. The predicted octanol–water partition coefficient (Wildman–Crippen LogP) is 4.83. The summed E-state index contributed by atoms with van der Waals surface area (Å²) >= 11 is 5.88. The van der Waals surface area contributed by atoms with Gasteiger partial charge in [0.25, 0.3) is 0 Å². The van der Waals surface area contributed by atoms with Gasteiger partial charge >= 0.3 is 5.97 Å². The van der Waals surface area contributed by atoms with Crippen LogP contribution in [0, 0.1) is 5.92 Å². The van der Waals surface area contributed by atoms with Gasteiger partial charge in [-0.1, -0.05) is 32.4 Å². The maximum Gasteiger partial charge on any atom is 0.338 e. The maximum atomic E-state index is 12.5. The summed E-state index contributed by atoms with van der Waals surface area (Å²) in [6.07, 6.45) is 2.75. The quantitative estimate of drug-likeness (QED) is 0.799. The highest BCUT2D eigenvalue weighted by molar-refractivity contribution is 6.30. The largest absolute Gasteiger partial charge is 0.458 e. The zero-order valence-electron chi connectivity index (χ0n) is 14.8. The van der Waals surface area contributed by atoms with E-state index >= 15 is 0 Å². The average Bonchev–Trinajstić information content (AvgIpc) is 2.53. The minimum Gasteiger partial charge on any atom is -0.458 e. The van der Waals surface area contributed by atoms with E-state index in [-0.39, 0.29) is 29.1 Å². The van der Waals surface area contributed by atoms with Gasteiger partial charge in [-0.15, -0.1) is 0 Å². The van der Waals surface area contributed by atoms with Gasteiger partial charge in [-0.05, 0) is 51.0 Å². The Bertz CT molecular complexity index is 559. The van der Waals surface area contributed by atoms with E-state index in [9.17, 15) is 4.79 Å². The number of carbonyl (C=O) groups is 1. The van der Waals surface area contributed by atoms with E-state index < -0.39 is 0 Å². The van der Waals surface area contributed by atoms with E-state index in [1.54, 1.807) is 24.3 Å². The first kappa shape index (κ1) is 18.3. The molecule has 4 atom stereocenters. The van der Waals surface area contributed by atoms with Gasteiger partial charge in [-0.2, -0.15) is 0 Å². The van der Waals surface area contributed by atoms with E-state index in [1.807, 2.05) is 0 Å². The molecule has 0 spiro atoms. The fraction of sp³-hybridized carbons (Fsp3) is 0.632. The lowest BCUT2D eigenvalue weighted by Gasteiger charge is -2.52. The lowest BCUT2D eigenvalue weighted by molar-refractivity contribution is -0.0484. The van der Waals surface area contributed by atoms with Crippen molar-refractivity contribution in [1.29, 1.82) is 0 Å². The van der Waals surface area contributed by atoms with Crippen molar-refractivity contribution >= 4 is 17.6 Å². The highest BCUT2D eigenvalue weighted by Gasteiger charge is 2.47. The standard InChI is InChI=1S/C19H28ClNO2/c1-6-18(4)12-16(13(3)19(5,7-2)21-18)23-17(22)14-8-10-15(20)11-9-14/h8-11,13,16,21H,6-7,12H2,1-5H3. The number of benzene rings is 1. The van der Waals surface area contributed by atoms with Gasteiger partial charge in [-0.3, -0.25) is 0 Å². The first-order chi connectivity index (χ1) is 10.7. The SMILES string of the molecule is CCC1(C)CC(OC(=O)c2ccc(Cl)cc2)C(C)C(C)(CC)N1. The second kappa shape index (κ2) is 6.82. The van der Waals surface area contributed by atoms with Gasteiger partial charge in [0.05, 0.1) is 5.56 Å². The molecule has 0 radical (unpaired) electrons. The van der Waals surface area contributed by atoms with Crippen molar-refractivity contribution < 1.29 is 9.53 Å². The average molecular weight is 338 g/mol. The molecule has 1 aromatic rings. The molecule has 0 saturated carbocycles. The van der Waals surface area contributed by atoms with Crippen LogP contribution in [0.25, 0.3) is 0 Å². The number of piperidine rings is 1. The van der Waals surface area contributed by atoms with E-state index in [4.69, 9.17) is 16.3 Å². The Hall–Kier alpha value is -1.06. The highest BCUT2D eigenvalue weighted by Crippen LogP contribution is 2.39. The van der Waals surface area contributed by atoms with Crippen molar-refractivity contribution in [2.24, 2.45) is 5.92 Å². The number of hydrogen-bond acceptors (Lipinski definition) is 3. The third kappa shape index (κ3) is 3.89. The summed E-state index contributed by atoms with van der Waals surface area (Å²) in [4.78, 5) is 12.5. The second-order valence-corrected chi connectivity index (χ2v) is 7.69. The highest BCUT2D eigenvalue weighted by atomic mass is 35.5. The van der Waals surface area contributed by atoms with E-state index in [0.717, 1.165) is 19.3 Å². The number of rotatable bonds is 4. The van der Waals surface area contributed by atoms with Gasteiger partial charge in [0.2, 0.25) is 0 Å². The molecule has 3 nitrogen and oxygen atoms in total. The molecule has 4 unspecified atom stereocenters. The predicted molar refractivity (Wildman–Crippen MR) is 95.0 cm³/mol. The third-order valence-electron chi connectivity index (χ3n) is 5.65. The smallest absolute Gasteiger partial charge is 0.338 e. The van der Waals surface area contributed by atoms with Gasteiger partial charge in [-0.25, -0.2) is 4.79 Å². The molecule has 1 aliphatic rings. The molecule has 128 valence electrons. The molecule has 23 heavy (non-hydrogen) atoms. The molecule has 1 N–H and O–H groups in total. The van der Waals surface area contributed by atoms with E-state index in [0.29, 0.717) is 10.6 Å². The summed E-state index contributed by atoms with van der Waals surface area (Å²) in [6, 6.07) is 6.87. The van der Waals surface area contributed by atoms with Crippen LogP contribution in [0.1, 0.15) is 64.2 Å². The number of carbonyl (C=O) groups excluding carboxylic acids is 1. The number of nitrogens with one attached hydrogen (secondary N) is 1. The third-order valence-corrected chi connectivity index (χ3v) is 5.91. The van der Waals surface area contributed by atoms with Crippen LogP contribution in [-0.2, 0) is 4.74 Å². The van der Waals surface area contributed by atoms with Crippen molar-refractivity contribution in [3.63, 3.8) is 0 Å². The fourth-order valence-corrected chi connectivity index (χ4v) is 3.59. The molecule has 1 fully saturated rings. The molecule has 2 rings (SSSR count). The summed E-state index contributed by atoms with van der Waals surface area (Å²) in [5.41, 5.74) is 0.507. The Kier molecular flexibility index (Phi) is 5.42. The van der Waals surface area contributed by atoms with Crippen molar-refractivity contribution in [3.05, 3.63) is 34.9 Å². The van der Waals surface area contributed by atoms with E-state index in [1.165, 1.54) is 0 Å². The molecule has 0 aromatic heterocycles. The second-order valence-electron chi connectivity index (χ2n) is 7.25. The van der Waals surface area contributed by atoms with Crippen LogP contribution in [0.3, 0.4) is 0 Å². The Morgan fingerprint density at radius 2 is 1.87 bits per heavy atom. The Labute approximate surface area is 144 Å². The lowest BCUT2D eigenvalue weighted by Crippen LogP contribution is -2.66. The Morgan fingerprint density at radius 1 is 1.26 bits per heavy atom. The molecule has 0 amide bonds. The maximum absolute atomic E-state index is 12.5. The van der Waals surface area contributed by atoms with Crippen LogP contribution in [0.2, 0.25) is 5.02 Å². The normalized spacial score (nSPS) is 34.2. The van der Waals surface area contributed by atoms with Crippen molar-refractivity contribution in [1.82, 2.24) is 5.32 Å². The van der Waals surface area contributed by atoms with Crippen molar-refractivity contribution in [3.8, 4) is 0 Å². The van der Waals surface area contributed by atoms with Gasteiger partial charge in [0.15, 0.2) is 0 Å². The fourth-order valence-electron chi connectivity index (χ4n) is 3.46. The molecular formula is C19H28ClNO2. The van der Waals surface area contributed by atoms with Crippen LogP contribution >= 0.6 is 11.6 Å². The summed E-state index contributed by atoms with van der Waals surface area (Å²) in [7, 11) is 0. The zero-order chi connectivity index (χ0) is 17.3. The van der Waals surface area contributed by atoms with Gasteiger partial charge in [0, 0.05) is 28.4 Å². The lowest BCUT2D eigenvalue weighted by atomic mass is 9.70. The number of esters is 1. The summed E-state index contributed by atoms with van der Waals surface area (Å²) in [5.74, 6) is -0.0132. The molecular weight excluding hydrogens is 310 g/mol. The zero-order valence-corrected chi connectivity index (χ0v) is 15.5. The molecule has 0 bridgehead atoms. The summed E-state index contributed by atoms with van der Waals surface area (Å²) < 4.78 is 5.90.